The summed E-state index contributed by atoms with van der Waals surface area (Å²) in [4.78, 5) is 24.3. The molecule has 0 unspecified atom stereocenters. The van der Waals surface area contributed by atoms with Gasteiger partial charge in [-0.1, -0.05) is 0 Å². The highest BCUT2D eigenvalue weighted by Crippen LogP contribution is 2.33. The van der Waals surface area contributed by atoms with E-state index in [9.17, 15) is 4.79 Å². The number of aryl methyl sites for hydroxylation is 1. The molecule has 0 aliphatic carbocycles. The van der Waals surface area contributed by atoms with Gasteiger partial charge in [-0.15, -0.1) is 11.3 Å². The molecule has 0 aliphatic rings. The van der Waals surface area contributed by atoms with Crippen molar-refractivity contribution in [1.82, 2.24) is 25.1 Å². The van der Waals surface area contributed by atoms with Crippen molar-refractivity contribution in [3.63, 3.8) is 0 Å². The van der Waals surface area contributed by atoms with E-state index in [0.29, 0.717) is 11.4 Å². The van der Waals surface area contributed by atoms with Crippen molar-refractivity contribution in [1.29, 1.82) is 0 Å². The van der Waals surface area contributed by atoms with Crippen LogP contribution < -0.4 is 5.32 Å². The second-order valence-electron chi connectivity index (χ2n) is 6.16. The third-order valence-corrected chi connectivity index (χ3v) is 5.20. The highest BCUT2D eigenvalue weighted by atomic mass is 32.1. The van der Waals surface area contributed by atoms with Gasteiger partial charge in [0.2, 0.25) is 0 Å². The summed E-state index contributed by atoms with van der Waals surface area (Å²) >= 11 is 1.45. The maximum Gasteiger partial charge on any atom is 0.275 e. The van der Waals surface area contributed by atoms with Crippen molar-refractivity contribution >= 4 is 44.9 Å². The molecule has 0 bridgehead atoms. The highest BCUT2D eigenvalue weighted by molar-refractivity contribution is 7.09. The lowest BCUT2D eigenvalue weighted by molar-refractivity contribution is 0.102. The van der Waals surface area contributed by atoms with Crippen LogP contribution >= 0.6 is 11.3 Å². The number of rotatable bonds is 3. The summed E-state index contributed by atoms with van der Waals surface area (Å²) in [6, 6.07) is 7.93. The third kappa shape index (κ3) is 2.67. The van der Waals surface area contributed by atoms with Crippen LogP contribution in [0.3, 0.4) is 0 Å². The van der Waals surface area contributed by atoms with Crippen LogP contribution in [0.4, 0.5) is 5.69 Å². The smallest absolute Gasteiger partial charge is 0.275 e. The van der Waals surface area contributed by atoms with Crippen LogP contribution in [0.15, 0.2) is 48.2 Å². The van der Waals surface area contributed by atoms with Crippen LogP contribution in [-0.4, -0.2) is 31.1 Å². The molecule has 0 radical (unpaired) electrons. The molecule has 0 fully saturated rings. The highest BCUT2D eigenvalue weighted by Gasteiger charge is 2.15. The lowest BCUT2D eigenvalue weighted by atomic mass is 10.0. The van der Waals surface area contributed by atoms with E-state index in [0.717, 1.165) is 38.1 Å². The van der Waals surface area contributed by atoms with Gasteiger partial charge in [-0.2, -0.15) is 5.10 Å². The molecule has 27 heavy (non-hydrogen) atoms. The zero-order valence-electron chi connectivity index (χ0n) is 14.3. The summed E-state index contributed by atoms with van der Waals surface area (Å²) in [5, 5.41) is 14.6. The normalized spacial score (nSPS) is 11.3. The molecular weight excluding hydrogens is 360 g/mol. The number of thiazole rings is 1. The van der Waals surface area contributed by atoms with Crippen molar-refractivity contribution in [2.24, 2.45) is 0 Å². The Morgan fingerprint density at radius 3 is 3.00 bits per heavy atom. The fraction of sp³-hybridized carbons (Fsp3) is 0.0526. The number of aromatic amines is 2. The molecule has 0 aliphatic heterocycles. The van der Waals surface area contributed by atoms with E-state index in [1.54, 1.807) is 17.8 Å². The Labute approximate surface area is 157 Å². The van der Waals surface area contributed by atoms with Gasteiger partial charge in [0.25, 0.3) is 5.91 Å². The maximum atomic E-state index is 12.6. The number of aromatic nitrogens is 5. The second-order valence-corrected chi connectivity index (χ2v) is 7.22. The number of fused-ring (bicyclic) bond motifs is 2. The molecule has 3 N–H and O–H groups in total. The van der Waals surface area contributed by atoms with Crippen molar-refractivity contribution in [2.45, 2.75) is 6.92 Å². The molecule has 132 valence electrons. The molecule has 1 amide bonds. The Bertz CT molecular complexity index is 1300. The number of nitrogens with one attached hydrogen (secondary N) is 3. The fourth-order valence-electron chi connectivity index (χ4n) is 3.18. The molecule has 1 aromatic carbocycles. The summed E-state index contributed by atoms with van der Waals surface area (Å²) in [6.07, 6.45) is 5.34. The van der Waals surface area contributed by atoms with Gasteiger partial charge in [0.1, 0.15) is 11.3 Å². The Morgan fingerprint density at radius 2 is 2.15 bits per heavy atom. The molecule has 5 rings (SSSR count). The molecule has 0 saturated heterocycles. The molecule has 0 atom stereocenters. The average Bonchev–Trinajstić information content (AvgIpc) is 3.41. The first-order chi connectivity index (χ1) is 13.2. The van der Waals surface area contributed by atoms with Gasteiger partial charge in [0, 0.05) is 28.5 Å². The first-order valence-electron chi connectivity index (χ1n) is 8.32. The van der Waals surface area contributed by atoms with Crippen LogP contribution in [0.25, 0.3) is 33.1 Å². The zero-order valence-corrected chi connectivity index (χ0v) is 15.1. The summed E-state index contributed by atoms with van der Waals surface area (Å²) in [7, 11) is 0. The topological polar surface area (TPSA) is 99.4 Å². The molecule has 7 nitrogen and oxygen atoms in total. The Kier molecular flexibility index (Phi) is 3.51. The number of pyridine rings is 1. The lowest BCUT2D eigenvalue weighted by Gasteiger charge is -2.09. The number of nitrogens with zero attached hydrogens (tertiary/aromatic N) is 3. The fourth-order valence-corrected chi connectivity index (χ4v) is 3.77. The Hall–Kier alpha value is -3.52. The molecule has 0 saturated carbocycles. The molecule has 8 heteroatoms. The summed E-state index contributed by atoms with van der Waals surface area (Å²) in [5.41, 5.74) is 4.75. The van der Waals surface area contributed by atoms with E-state index in [-0.39, 0.29) is 5.91 Å². The zero-order chi connectivity index (χ0) is 18.4. The van der Waals surface area contributed by atoms with Crippen LogP contribution in [0.5, 0.6) is 0 Å². The minimum absolute atomic E-state index is 0.236. The summed E-state index contributed by atoms with van der Waals surface area (Å²) in [5.74, 6) is -0.236. The SMILES string of the molecule is Cc1nc(C(=O)Nc2cc(-c3ccnc4[nH]ccc34)cc3[nH]ncc23)cs1. The van der Waals surface area contributed by atoms with E-state index < -0.39 is 0 Å². The predicted molar refractivity (Wildman–Crippen MR) is 106 cm³/mol. The van der Waals surface area contributed by atoms with E-state index in [2.05, 4.69) is 30.5 Å². The van der Waals surface area contributed by atoms with Gasteiger partial charge in [0.05, 0.1) is 22.4 Å². The monoisotopic (exact) mass is 374 g/mol. The van der Waals surface area contributed by atoms with Crippen molar-refractivity contribution in [3.05, 3.63) is 58.9 Å². The van der Waals surface area contributed by atoms with Gasteiger partial charge < -0.3 is 10.3 Å². The minimum Gasteiger partial charge on any atom is -0.346 e. The van der Waals surface area contributed by atoms with Crippen LogP contribution in [-0.2, 0) is 0 Å². The van der Waals surface area contributed by atoms with E-state index in [1.807, 2.05) is 37.4 Å². The number of benzene rings is 1. The van der Waals surface area contributed by atoms with E-state index in [1.165, 1.54) is 11.3 Å². The van der Waals surface area contributed by atoms with Gasteiger partial charge in [0.15, 0.2) is 0 Å². The van der Waals surface area contributed by atoms with E-state index in [4.69, 9.17) is 0 Å². The van der Waals surface area contributed by atoms with Crippen molar-refractivity contribution in [2.75, 3.05) is 5.32 Å². The number of hydrogen-bond donors (Lipinski definition) is 3. The largest absolute Gasteiger partial charge is 0.346 e. The second kappa shape index (κ2) is 6.03. The Morgan fingerprint density at radius 1 is 1.22 bits per heavy atom. The quantitative estimate of drug-likeness (QED) is 0.442. The number of carbonyl (C=O) groups excluding carboxylic acids is 1. The first-order valence-corrected chi connectivity index (χ1v) is 9.20. The molecule has 5 aromatic rings. The van der Waals surface area contributed by atoms with Gasteiger partial charge in [-0.25, -0.2) is 9.97 Å². The van der Waals surface area contributed by atoms with E-state index >= 15 is 0 Å². The van der Waals surface area contributed by atoms with Gasteiger partial charge >= 0.3 is 0 Å². The number of anilines is 1. The Balaban J connectivity index is 1.63. The number of H-pyrrole nitrogens is 2. The predicted octanol–water partition coefficient (Wildman–Crippen LogP) is 4.12. The van der Waals surface area contributed by atoms with Crippen LogP contribution in [0.2, 0.25) is 0 Å². The standard InChI is InChI=1S/C19H14N6OS/c1-10-23-17(9-27-10)19(26)24-15-6-11(7-16-14(15)8-22-25-16)12-2-4-20-18-13(12)3-5-21-18/h2-9H,1H3,(H,20,21)(H,22,25)(H,24,26). The first kappa shape index (κ1) is 15.7. The number of carbonyl (C=O) groups is 1. The molecule has 0 spiro atoms. The van der Waals surface area contributed by atoms with Gasteiger partial charge in [-0.05, 0) is 42.3 Å². The summed E-state index contributed by atoms with van der Waals surface area (Å²) in [6.45, 7) is 1.88. The maximum absolute atomic E-state index is 12.6. The minimum atomic E-state index is -0.236. The molecular formula is C19H14N6OS. The van der Waals surface area contributed by atoms with Crippen LogP contribution in [0.1, 0.15) is 15.5 Å². The molecule has 4 aromatic heterocycles. The van der Waals surface area contributed by atoms with Crippen molar-refractivity contribution < 1.29 is 4.79 Å². The van der Waals surface area contributed by atoms with Crippen LogP contribution in [0, 0.1) is 6.92 Å². The molecule has 4 heterocycles. The number of hydrogen-bond acceptors (Lipinski definition) is 5. The third-order valence-electron chi connectivity index (χ3n) is 4.43. The van der Waals surface area contributed by atoms with Gasteiger partial charge in [-0.3, -0.25) is 9.89 Å². The number of amides is 1. The summed E-state index contributed by atoms with van der Waals surface area (Å²) < 4.78 is 0. The lowest BCUT2D eigenvalue weighted by Crippen LogP contribution is -2.12. The van der Waals surface area contributed by atoms with Crippen molar-refractivity contribution in [3.8, 4) is 11.1 Å². The average molecular weight is 374 g/mol.